The van der Waals surface area contributed by atoms with E-state index in [0.717, 1.165) is 36.9 Å². The van der Waals surface area contributed by atoms with E-state index in [1.165, 1.54) is 0 Å². The molecule has 3 aliphatic rings. The molecule has 1 fully saturated rings. The lowest BCUT2D eigenvalue weighted by atomic mass is 9.72. The van der Waals surface area contributed by atoms with E-state index in [2.05, 4.69) is 4.99 Å². The SMILES string of the molecule is CC1=NC2=C(C(=O)CCC2)[C@@H](c2ccccc2Cl)C1C(=O)OC[C@@H]1CCCO1. The van der Waals surface area contributed by atoms with E-state index in [4.69, 9.17) is 21.1 Å². The fraction of sp³-hybridized carbons (Fsp3) is 0.500. The Morgan fingerprint density at radius 1 is 1.29 bits per heavy atom. The molecule has 0 N–H and O–H groups in total. The van der Waals surface area contributed by atoms with Gasteiger partial charge in [-0.25, -0.2) is 0 Å². The molecule has 2 aliphatic heterocycles. The van der Waals surface area contributed by atoms with Crippen molar-refractivity contribution in [2.75, 3.05) is 13.2 Å². The Balaban J connectivity index is 1.70. The lowest BCUT2D eigenvalue weighted by Crippen LogP contribution is -2.38. The lowest BCUT2D eigenvalue weighted by molar-refractivity contribution is -0.149. The van der Waals surface area contributed by atoms with Gasteiger partial charge in [0, 0.05) is 41.0 Å². The van der Waals surface area contributed by atoms with Crippen LogP contribution in [0.15, 0.2) is 40.5 Å². The molecule has 0 bridgehead atoms. The van der Waals surface area contributed by atoms with Crippen LogP contribution in [-0.2, 0) is 19.1 Å². The third-order valence-electron chi connectivity index (χ3n) is 5.76. The Kier molecular flexibility index (Phi) is 5.65. The minimum absolute atomic E-state index is 0.0466. The molecule has 1 aliphatic carbocycles. The molecule has 0 spiro atoms. The highest BCUT2D eigenvalue weighted by atomic mass is 35.5. The third-order valence-corrected chi connectivity index (χ3v) is 6.11. The van der Waals surface area contributed by atoms with Crippen molar-refractivity contribution in [3.05, 3.63) is 46.1 Å². The highest BCUT2D eigenvalue weighted by Crippen LogP contribution is 2.45. The number of esters is 1. The molecule has 2 heterocycles. The summed E-state index contributed by atoms with van der Waals surface area (Å²) in [6, 6.07) is 7.40. The summed E-state index contributed by atoms with van der Waals surface area (Å²) in [5, 5.41) is 0.546. The van der Waals surface area contributed by atoms with Crippen molar-refractivity contribution < 1.29 is 19.1 Å². The first kappa shape index (κ1) is 19.3. The second-order valence-electron chi connectivity index (χ2n) is 7.63. The van der Waals surface area contributed by atoms with E-state index >= 15 is 0 Å². The Morgan fingerprint density at radius 2 is 2.11 bits per heavy atom. The molecule has 148 valence electrons. The molecular formula is C22H24ClNO4. The maximum Gasteiger partial charge on any atom is 0.315 e. The van der Waals surface area contributed by atoms with Gasteiger partial charge in [-0.05, 0) is 44.2 Å². The van der Waals surface area contributed by atoms with Gasteiger partial charge in [0.2, 0.25) is 0 Å². The summed E-state index contributed by atoms with van der Waals surface area (Å²) >= 11 is 6.49. The number of carbonyl (C=O) groups excluding carboxylic acids is 2. The molecule has 6 heteroatoms. The van der Waals surface area contributed by atoms with Crippen LogP contribution in [0.25, 0.3) is 0 Å². The van der Waals surface area contributed by atoms with Crippen molar-refractivity contribution in [1.29, 1.82) is 0 Å². The van der Waals surface area contributed by atoms with E-state index in [-0.39, 0.29) is 24.5 Å². The summed E-state index contributed by atoms with van der Waals surface area (Å²) in [5.74, 6) is -1.42. The molecule has 1 unspecified atom stereocenters. The average molecular weight is 402 g/mol. The molecular weight excluding hydrogens is 378 g/mol. The Labute approximate surface area is 169 Å². The Hall–Kier alpha value is -1.98. The first-order valence-corrected chi connectivity index (χ1v) is 10.3. The molecule has 4 rings (SSSR count). The summed E-state index contributed by atoms with van der Waals surface area (Å²) in [7, 11) is 0. The van der Waals surface area contributed by atoms with Crippen LogP contribution in [0.1, 0.15) is 50.5 Å². The number of halogens is 1. The van der Waals surface area contributed by atoms with E-state index in [1.54, 1.807) is 6.07 Å². The number of Topliss-reactive ketones (excluding diaryl/α,β-unsaturated/α-hetero) is 1. The average Bonchev–Trinajstić information content (AvgIpc) is 3.19. The number of ether oxygens (including phenoxy) is 2. The van der Waals surface area contributed by atoms with Gasteiger partial charge in [-0.3, -0.25) is 14.6 Å². The molecule has 0 radical (unpaired) electrons. The van der Waals surface area contributed by atoms with Crippen molar-refractivity contribution in [2.24, 2.45) is 10.9 Å². The number of benzene rings is 1. The predicted molar refractivity (Wildman–Crippen MR) is 107 cm³/mol. The molecule has 0 aromatic heterocycles. The summed E-state index contributed by atoms with van der Waals surface area (Å²) < 4.78 is 11.2. The highest BCUT2D eigenvalue weighted by molar-refractivity contribution is 6.31. The molecule has 3 atom stereocenters. The first-order chi connectivity index (χ1) is 13.6. The van der Waals surface area contributed by atoms with Crippen molar-refractivity contribution >= 4 is 29.1 Å². The third kappa shape index (κ3) is 3.65. The number of hydrogen-bond acceptors (Lipinski definition) is 5. The van der Waals surface area contributed by atoms with Crippen LogP contribution >= 0.6 is 11.6 Å². The zero-order valence-corrected chi connectivity index (χ0v) is 16.7. The van der Waals surface area contributed by atoms with Crippen molar-refractivity contribution in [2.45, 2.75) is 51.0 Å². The summed E-state index contributed by atoms with van der Waals surface area (Å²) in [5.41, 5.74) is 2.88. The number of carbonyl (C=O) groups is 2. The second kappa shape index (κ2) is 8.18. The zero-order valence-electron chi connectivity index (χ0n) is 15.9. The van der Waals surface area contributed by atoms with Gasteiger partial charge in [0.05, 0.1) is 6.10 Å². The predicted octanol–water partition coefficient (Wildman–Crippen LogP) is 4.24. The molecule has 1 aromatic carbocycles. The number of ketones is 1. The van der Waals surface area contributed by atoms with Gasteiger partial charge >= 0.3 is 5.97 Å². The maximum absolute atomic E-state index is 13.1. The lowest BCUT2D eigenvalue weighted by Gasteiger charge is -2.35. The minimum Gasteiger partial charge on any atom is -0.462 e. The zero-order chi connectivity index (χ0) is 19.7. The normalized spacial score (nSPS) is 27.4. The molecule has 1 saturated heterocycles. The molecule has 5 nitrogen and oxygen atoms in total. The van der Waals surface area contributed by atoms with Gasteiger partial charge in [-0.1, -0.05) is 29.8 Å². The van der Waals surface area contributed by atoms with Gasteiger partial charge in [-0.15, -0.1) is 0 Å². The summed E-state index contributed by atoms with van der Waals surface area (Å²) in [4.78, 5) is 30.6. The van der Waals surface area contributed by atoms with E-state index < -0.39 is 11.8 Å². The molecule has 0 saturated carbocycles. The van der Waals surface area contributed by atoms with Crippen LogP contribution in [0.3, 0.4) is 0 Å². The molecule has 28 heavy (non-hydrogen) atoms. The first-order valence-electron chi connectivity index (χ1n) is 9.90. The topological polar surface area (TPSA) is 65.0 Å². The summed E-state index contributed by atoms with van der Waals surface area (Å²) in [6.07, 6.45) is 3.85. The fourth-order valence-electron chi connectivity index (χ4n) is 4.42. The monoisotopic (exact) mass is 401 g/mol. The van der Waals surface area contributed by atoms with Crippen molar-refractivity contribution in [3.63, 3.8) is 0 Å². The molecule has 0 amide bonds. The molecule has 1 aromatic rings. The van der Waals surface area contributed by atoms with E-state index in [0.29, 0.717) is 29.3 Å². The highest BCUT2D eigenvalue weighted by Gasteiger charge is 2.44. The number of hydrogen-bond donors (Lipinski definition) is 0. The van der Waals surface area contributed by atoms with Crippen molar-refractivity contribution in [3.8, 4) is 0 Å². The van der Waals surface area contributed by atoms with Crippen LogP contribution in [-0.4, -0.2) is 36.8 Å². The van der Waals surface area contributed by atoms with Crippen LogP contribution in [0.2, 0.25) is 5.02 Å². The Bertz CT molecular complexity index is 854. The van der Waals surface area contributed by atoms with E-state index in [1.807, 2.05) is 25.1 Å². The van der Waals surface area contributed by atoms with Gasteiger partial charge in [0.25, 0.3) is 0 Å². The number of rotatable bonds is 4. The van der Waals surface area contributed by atoms with Gasteiger partial charge < -0.3 is 9.47 Å². The van der Waals surface area contributed by atoms with Crippen LogP contribution < -0.4 is 0 Å². The van der Waals surface area contributed by atoms with Gasteiger partial charge in [0.15, 0.2) is 5.78 Å². The van der Waals surface area contributed by atoms with E-state index in [9.17, 15) is 9.59 Å². The quantitative estimate of drug-likeness (QED) is 0.707. The van der Waals surface area contributed by atoms with Crippen LogP contribution in [0.5, 0.6) is 0 Å². The number of nitrogens with zero attached hydrogens (tertiary/aromatic N) is 1. The smallest absolute Gasteiger partial charge is 0.315 e. The van der Waals surface area contributed by atoms with Crippen LogP contribution in [0, 0.1) is 5.92 Å². The number of allylic oxidation sites excluding steroid dienone is 2. The van der Waals surface area contributed by atoms with Gasteiger partial charge in [-0.2, -0.15) is 0 Å². The largest absolute Gasteiger partial charge is 0.462 e. The minimum atomic E-state index is -0.651. The van der Waals surface area contributed by atoms with Crippen LogP contribution in [0.4, 0.5) is 0 Å². The fourth-order valence-corrected chi connectivity index (χ4v) is 4.67. The van der Waals surface area contributed by atoms with Gasteiger partial charge in [0.1, 0.15) is 12.5 Å². The number of aliphatic imine (C=N–C) groups is 1. The maximum atomic E-state index is 13.1. The Morgan fingerprint density at radius 3 is 2.86 bits per heavy atom. The standard InChI is InChI=1S/C22H24ClNO4/c1-13-19(22(26)28-12-14-6-5-11-27-14)20(15-7-2-3-8-16(15)23)21-17(24-13)9-4-10-18(21)25/h2-3,7-8,14,19-20H,4-6,9-12H2,1H3/t14-,19?,20-/m0/s1. The van der Waals surface area contributed by atoms with Crippen molar-refractivity contribution in [1.82, 2.24) is 0 Å². The second-order valence-corrected chi connectivity index (χ2v) is 8.04. The summed E-state index contributed by atoms with van der Waals surface area (Å²) in [6.45, 7) is 2.78.